The van der Waals surface area contributed by atoms with Gasteiger partial charge in [-0.1, -0.05) is 13.0 Å². The van der Waals surface area contributed by atoms with Crippen LogP contribution in [0, 0.1) is 5.92 Å². The second-order valence-electron chi connectivity index (χ2n) is 5.26. The van der Waals surface area contributed by atoms with Crippen LogP contribution in [0.25, 0.3) is 0 Å². The quantitative estimate of drug-likeness (QED) is 0.836. The van der Waals surface area contributed by atoms with E-state index in [1.54, 1.807) is 0 Å². The molecule has 6 heteroatoms. The van der Waals surface area contributed by atoms with Crippen molar-refractivity contribution in [3.8, 4) is 11.5 Å². The van der Waals surface area contributed by atoms with E-state index in [0.717, 1.165) is 5.56 Å². The molecule has 5 nitrogen and oxygen atoms in total. The first-order valence-electron chi connectivity index (χ1n) is 6.37. The fourth-order valence-corrected chi connectivity index (χ4v) is 4.50. The van der Waals surface area contributed by atoms with Crippen LogP contribution >= 0.6 is 0 Å². The van der Waals surface area contributed by atoms with Crippen LogP contribution in [0.15, 0.2) is 18.2 Å². The maximum atomic E-state index is 12.0. The maximum Gasteiger partial charge on any atom is 0.231 e. The normalized spacial score (nSPS) is 28.9. The lowest BCUT2D eigenvalue weighted by atomic mass is 10.1. The van der Waals surface area contributed by atoms with E-state index in [-0.39, 0.29) is 30.3 Å². The highest BCUT2D eigenvalue weighted by Gasteiger charge is 2.28. The van der Waals surface area contributed by atoms with E-state index in [1.165, 1.54) is 0 Å². The maximum absolute atomic E-state index is 12.0. The summed E-state index contributed by atoms with van der Waals surface area (Å²) in [6, 6.07) is 5.42. The molecular weight excluding hydrogens is 266 g/mol. The van der Waals surface area contributed by atoms with Gasteiger partial charge in [0.05, 0.1) is 11.5 Å². The Hall–Kier alpha value is -1.27. The molecule has 1 fully saturated rings. The van der Waals surface area contributed by atoms with Crippen LogP contribution in [0.4, 0.5) is 0 Å². The van der Waals surface area contributed by atoms with Crippen molar-refractivity contribution < 1.29 is 17.9 Å². The van der Waals surface area contributed by atoms with E-state index < -0.39 is 9.84 Å². The topological polar surface area (TPSA) is 64.6 Å². The average molecular weight is 283 g/mol. The number of benzene rings is 1. The standard InChI is InChI=1S/C13H17NO4S/c1-9-5-14-11(7-19(15,16)6-9)10-2-3-12-13(4-10)18-8-17-12/h2-4,9,11,14H,5-8H2,1H3. The average Bonchev–Trinajstić information content (AvgIpc) is 2.75. The zero-order chi connectivity index (χ0) is 13.5. The monoisotopic (exact) mass is 283 g/mol. The summed E-state index contributed by atoms with van der Waals surface area (Å²) >= 11 is 0. The molecule has 0 amide bonds. The van der Waals surface area contributed by atoms with Gasteiger partial charge >= 0.3 is 0 Å². The van der Waals surface area contributed by atoms with Crippen LogP contribution in [-0.2, 0) is 9.84 Å². The first-order valence-corrected chi connectivity index (χ1v) is 8.19. The van der Waals surface area contributed by atoms with E-state index >= 15 is 0 Å². The second-order valence-corrected chi connectivity index (χ2v) is 7.41. The van der Waals surface area contributed by atoms with E-state index in [4.69, 9.17) is 9.47 Å². The molecule has 1 saturated heterocycles. The lowest BCUT2D eigenvalue weighted by Crippen LogP contribution is -2.26. The molecule has 2 aliphatic rings. The molecule has 0 saturated carbocycles. The molecule has 0 spiro atoms. The highest BCUT2D eigenvalue weighted by molar-refractivity contribution is 7.91. The zero-order valence-corrected chi connectivity index (χ0v) is 11.6. The van der Waals surface area contributed by atoms with Gasteiger partial charge in [0.1, 0.15) is 0 Å². The summed E-state index contributed by atoms with van der Waals surface area (Å²) in [7, 11) is -3.01. The van der Waals surface area contributed by atoms with E-state index in [2.05, 4.69) is 5.32 Å². The smallest absolute Gasteiger partial charge is 0.231 e. The summed E-state index contributed by atoms with van der Waals surface area (Å²) < 4.78 is 34.6. The van der Waals surface area contributed by atoms with Crippen molar-refractivity contribution >= 4 is 9.84 Å². The van der Waals surface area contributed by atoms with Gasteiger partial charge in [0.15, 0.2) is 21.3 Å². The Morgan fingerprint density at radius 3 is 2.84 bits per heavy atom. The number of hydrogen-bond donors (Lipinski definition) is 1. The summed E-state index contributed by atoms with van der Waals surface area (Å²) in [6.07, 6.45) is 0. The van der Waals surface area contributed by atoms with Gasteiger partial charge in [0.2, 0.25) is 6.79 Å². The summed E-state index contributed by atoms with van der Waals surface area (Å²) in [6.45, 7) is 2.89. The predicted octanol–water partition coefficient (Wildman–Crippen LogP) is 1.11. The molecule has 0 aliphatic carbocycles. The third-order valence-electron chi connectivity index (χ3n) is 3.47. The third-order valence-corrected chi connectivity index (χ3v) is 5.39. The summed E-state index contributed by atoms with van der Waals surface area (Å²) in [5, 5.41) is 3.32. The van der Waals surface area contributed by atoms with Crippen molar-refractivity contribution in [1.29, 1.82) is 0 Å². The Balaban J connectivity index is 1.89. The number of nitrogens with one attached hydrogen (secondary N) is 1. The van der Waals surface area contributed by atoms with E-state index in [9.17, 15) is 8.42 Å². The van der Waals surface area contributed by atoms with Gasteiger partial charge in [-0.05, 0) is 30.2 Å². The SMILES string of the molecule is CC1CNC(c2ccc3c(c2)OCO3)CS(=O)(=O)C1. The number of ether oxygens (including phenoxy) is 2. The Bertz CT molecular complexity index is 584. The fourth-order valence-electron chi connectivity index (χ4n) is 2.56. The highest BCUT2D eigenvalue weighted by Crippen LogP contribution is 2.34. The van der Waals surface area contributed by atoms with Crippen molar-refractivity contribution in [3.63, 3.8) is 0 Å². The van der Waals surface area contributed by atoms with Gasteiger partial charge in [-0.3, -0.25) is 0 Å². The highest BCUT2D eigenvalue weighted by atomic mass is 32.2. The van der Waals surface area contributed by atoms with Gasteiger partial charge in [-0.25, -0.2) is 8.42 Å². The van der Waals surface area contributed by atoms with Crippen molar-refractivity contribution in [1.82, 2.24) is 5.32 Å². The lowest BCUT2D eigenvalue weighted by molar-refractivity contribution is 0.174. The molecule has 1 aromatic carbocycles. The molecule has 1 N–H and O–H groups in total. The largest absolute Gasteiger partial charge is 0.454 e. The minimum absolute atomic E-state index is 0.136. The number of hydrogen-bond acceptors (Lipinski definition) is 5. The minimum atomic E-state index is -3.01. The molecule has 2 atom stereocenters. The number of fused-ring (bicyclic) bond motifs is 1. The molecule has 0 radical (unpaired) electrons. The Morgan fingerprint density at radius 2 is 2.00 bits per heavy atom. The van der Waals surface area contributed by atoms with Crippen molar-refractivity contribution in [2.75, 3.05) is 24.8 Å². The Morgan fingerprint density at radius 1 is 1.21 bits per heavy atom. The molecular formula is C13H17NO4S. The van der Waals surface area contributed by atoms with Gasteiger partial charge in [0.25, 0.3) is 0 Å². The molecule has 2 aliphatic heterocycles. The van der Waals surface area contributed by atoms with Crippen molar-refractivity contribution in [3.05, 3.63) is 23.8 Å². The molecule has 2 heterocycles. The van der Waals surface area contributed by atoms with Gasteiger partial charge in [-0.2, -0.15) is 0 Å². The molecule has 1 aromatic rings. The molecule has 0 bridgehead atoms. The van der Waals surface area contributed by atoms with Crippen LogP contribution < -0.4 is 14.8 Å². The van der Waals surface area contributed by atoms with Crippen LogP contribution in [0.1, 0.15) is 18.5 Å². The molecule has 2 unspecified atom stereocenters. The molecule has 3 rings (SSSR count). The zero-order valence-electron chi connectivity index (χ0n) is 10.8. The van der Waals surface area contributed by atoms with Gasteiger partial charge in [-0.15, -0.1) is 0 Å². The van der Waals surface area contributed by atoms with E-state index in [0.29, 0.717) is 18.0 Å². The van der Waals surface area contributed by atoms with Gasteiger partial charge < -0.3 is 14.8 Å². The molecule has 19 heavy (non-hydrogen) atoms. The van der Waals surface area contributed by atoms with Gasteiger partial charge in [0, 0.05) is 6.04 Å². The Kier molecular flexibility index (Phi) is 3.14. The predicted molar refractivity (Wildman–Crippen MR) is 71.1 cm³/mol. The second kappa shape index (κ2) is 4.68. The van der Waals surface area contributed by atoms with E-state index in [1.807, 2.05) is 25.1 Å². The lowest BCUT2D eigenvalue weighted by Gasteiger charge is -2.16. The van der Waals surface area contributed by atoms with Crippen molar-refractivity contribution in [2.24, 2.45) is 5.92 Å². The summed E-state index contributed by atoms with van der Waals surface area (Å²) in [5.41, 5.74) is 0.932. The summed E-state index contributed by atoms with van der Waals surface area (Å²) in [5.74, 6) is 1.93. The third kappa shape index (κ3) is 2.69. The number of rotatable bonds is 1. The molecule has 0 aromatic heterocycles. The fraction of sp³-hybridized carbons (Fsp3) is 0.538. The number of sulfone groups is 1. The minimum Gasteiger partial charge on any atom is -0.454 e. The molecule has 104 valence electrons. The Labute approximate surface area is 112 Å². The van der Waals surface area contributed by atoms with Crippen LogP contribution in [-0.4, -0.2) is 33.3 Å². The first-order chi connectivity index (χ1) is 9.03. The van der Waals surface area contributed by atoms with Crippen LogP contribution in [0.3, 0.4) is 0 Å². The van der Waals surface area contributed by atoms with Crippen LogP contribution in [0.2, 0.25) is 0 Å². The first kappa shape index (κ1) is 12.7. The van der Waals surface area contributed by atoms with Crippen molar-refractivity contribution in [2.45, 2.75) is 13.0 Å². The van der Waals surface area contributed by atoms with Crippen LogP contribution in [0.5, 0.6) is 11.5 Å². The summed E-state index contributed by atoms with van der Waals surface area (Å²) in [4.78, 5) is 0.